The molecule has 0 bridgehead atoms. The number of hydrogen-bond donors (Lipinski definition) is 1. The Bertz CT molecular complexity index is 687. The Balaban J connectivity index is 1.75. The Labute approximate surface area is 129 Å². The number of carboxylic acids is 1. The van der Waals surface area contributed by atoms with Gasteiger partial charge >= 0.3 is 5.97 Å². The van der Waals surface area contributed by atoms with E-state index in [1.54, 1.807) is 0 Å². The molecule has 3 rings (SSSR count). The van der Waals surface area contributed by atoms with Crippen LogP contribution < -0.4 is 4.90 Å². The zero-order valence-corrected chi connectivity index (χ0v) is 12.5. The third kappa shape index (κ3) is 2.81. The standard InChI is InChI=1S/C16H20N4O2/c1-2-3-8-20-15-5-4-13(11-14(15)17-18-20)19-9-6-12(7-10-19)16(21)22/h2,4-5,11-12H,1,3,6-10H2,(H,21,22). The summed E-state index contributed by atoms with van der Waals surface area (Å²) in [5, 5.41) is 17.5. The van der Waals surface area contributed by atoms with E-state index in [1.165, 1.54) is 0 Å². The highest BCUT2D eigenvalue weighted by Gasteiger charge is 2.24. The van der Waals surface area contributed by atoms with Crippen LogP contribution in [0.3, 0.4) is 0 Å². The van der Waals surface area contributed by atoms with Crippen molar-refractivity contribution in [2.24, 2.45) is 5.92 Å². The van der Waals surface area contributed by atoms with E-state index in [2.05, 4.69) is 27.9 Å². The fraction of sp³-hybridized carbons (Fsp3) is 0.438. The predicted molar refractivity (Wildman–Crippen MR) is 84.9 cm³/mol. The number of carbonyl (C=O) groups is 1. The van der Waals surface area contributed by atoms with Crippen LogP contribution in [0, 0.1) is 5.92 Å². The average molecular weight is 300 g/mol. The average Bonchev–Trinajstić information content (AvgIpc) is 2.95. The molecule has 0 saturated carbocycles. The molecule has 2 aromatic rings. The summed E-state index contributed by atoms with van der Waals surface area (Å²) < 4.78 is 1.89. The quantitative estimate of drug-likeness (QED) is 0.858. The van der Waals surface area contributed by atoms with Crippen LogP contribution in [-0.4, -0.2) is 39.2 Å². The van der Waals surface area contributed by atoms with Gasteiger partial charge < -0.3 is 10.0 Å². The Hall–Kier alpha value is -2.37. The zero-order chi connectivity index (χ0) is 15.5. The summed E-state index contributed by atoms with van der Waals surface area (Å²) in [5.41, 5.74) is 2.99. The van der Waals surface area contributed by atoms with Gasteiger partial charge in [-0.3, -0.25) is 4.79 Å². The topological polar surface area (TPSA) is 71.2 Å². The number of nitrogens with zero attached hydrogens (tertiary/aromatic N) is 4. The van der Waals surface area contributed by atoms with Gasteiger partial charge in [0, 0.05) is 25.3 Å². The molecule has 1 aromatic carbocycles. The number of fused-ring (bicyclic) bond motifs is 1. The van der Waals surface area contributed by atoms with Crippen LogP contribution in [-0.2, 0) is 11.3 Å². The van der Waals surface area contributed by atoms with E-state index in [-0.39, 0.29) is 5.92 Å². The van der Waals surface area contributed by atoms with Crippen molar-refractivity contribution in [2.45, 2.75) is 25.8 Å². The van der Waals surface area contributed by atoms with Gasteiger partial charge in [0.2, 0.25) is 0 Å². The number of hydrogen-bond acceptors (Lipinski definition) is 4. The normalized spacial score (nSPS) is 16.1. The van der Waals surface area contributed by atoms with Gasteiger partial charge in [-0.25, -0.2) is 4.68 Å². The number of aryl methyl sites for hydroxylation is 1. The monoisotopic (exact) mass is 300 g/mol. The van der Waals surface area contributed by atoms with E-state index in [4.69, 9.17) is 5.11 Å². The van der Waals surface area contributed by atoms with Gasteiger partial charge in [-0.15, -0.1) is 11.7 Å². The van der Waals surface area contributed by atoms with Crippen molar-refractivity contribution in [1.82, 2.24) is 15.0 Å². The lowest BCUT2D eigenvalue weighted by atomic mass is 9.97. The number of rotatable bonds is 5. The van der Waals surface area contributed by atoms with E-state index >= 15 is 0 Å². The minimum absolute atomic E-state index is 0.209. The molecule has 1 fully saturated rings. The summed E-state index contributed by atoms with van der Waals surface area (Å²) >= 11 is 0. The molecule has 1 N–H and O–H groups in total. The van der Waals surface area contributed by atoms with Gasteiger partial charge in [-0.2, -0.15) is 0 Å². The Kier molecular flexibility index (Phi) is 4.09. The van der Waals surface area contributed by atoms with Crippen LogP contribution in [0.25, 0.3) is 11.0 Å². The maximum atomic E-state index is 11.0. The number of aliphatic carboxylic acids is 1. The van der Waals surface area contributed by atoms with E-state index in [0.29, 0.717) is 12.8 Å². The zero-order valence-electron chi connectivity index (χ0n) is 12.5. The second-order valence-electron chi connectivity index (χ2n) is 5.66. The molecule has 2 heterocycles. The summed E-state index contributed by atoms with van der Waals surface area (Å²) in [6.45, 7) is 6.05. The molecule has 0 unspecified atom stereocenters. The van der Waals surface area contributed by atoms with Crippen molar-refractivity contribution in [3.8, 4) is 0 Å². The van der Waals surface area contributed by atoms with E-state index in [9.17, 15) is 4.79 Å². The number of piperidine rings is 1. The minimum atomic E-state index is -0.680. The molecule has 116 valence electrons. The van der Waals surface area contributed by atoms with Gasteiger partial charge in [-0.1, -0.05) is 11.3 Å². The summed E-state index contributed by atoms with van der Waals surface area (Å²) in [6.07, 6.45) is 4.12. The molecule has 1 aliphatic heterocycles. The number of benzene rings is 1. The van der Waals surface area contributed by atoms with Crippen molar-refractivity contribution < 1.29 is 9.90 Å². The first-order valence-corrected chi connectivity index (χ1v) is 7.61. The smallest absolute Gasteiger partial charge is 0.306 e. The van der Waals surface area contributed by atoms with Crippen molar-refractivity contribution >= 4 is 22.7 Å². The van der Waals surface area contributed by atoms with Crippen LogP contribution in [0.15, 0.2) is 30.9 Å². The van der Waals surface area contributed by atoms with Crippen LogP contribution >= 0.6 is 0 Å². The molecule has 0 radical (unpaired) electrons. The first-order chi connectivity index (χ1) is 10.7. The lowest BCUT2D eigenvalue weighted by Crippen LogP contribution is -2.36. The maximum Gasteiger partial charge on any atom is 0.306 e. The van der Waals surface area contributed by atoms with Crippen molar-refractivity contribution in [2.75, 3.05) is 18.0 Å². The van der Waals surface area contributed by atoms with Gasteiger partial charge in [0.25, 0.3) is 0 Å². The summed E-state index contributed by atoms with van der Waals surface area (Å²) in [4.78, 5) is 13.2. The van der Waals surface area contributed by atoms with Gasteiger partial charge in [0.1, 0.15) is 5.52 Å². The SMILES string of the molecule is C=CCCn1nnc2cc(N3CCC(C(=O)O)CC3)ccc21. The number of aromatic nitrogens is 3. The second kappa shape index (κ2) is 6.17. The molecule has 1 saturated heterocycles. The molecular formula is C16H20N4O2. The summed E-state index contributed by atoms with van der Waals surface area (Å²) in [5.74, 6) is -0.889. The van der Waals surface area contributed by atoms with Crippen LogP contribution in [0.2, 0.25) is 0 Å². The van der Waals surface area contributed by atoms with Gasteiger partial charge in [0.15, 0.2) is 0 Å². The highest BCUT2D eigenvalue weighted by molar-refractivity contribution is 5.79. The third-order valence-corrected chi connectivity index (χ3v) is 4.25. The first kappa shape index (κ1) is 14.6. The number of carboxylic acid groups (broad SMARTS) is 1. The Morgan fingerprint density at radius 3 is 2.86 bits per heavy atom. The summed E-state index contributed by atoms with van der Waals surface area (Å²) in [6, 6.07) is 6.14. The molecular weight excluding hydrogens is 280 g/mol. The molecule has 0 atom stereocenters. The molecule has 6 nitrogen and oxygen atoms in total. The molecule has 22 heavy (non-hydrogen) atoms. The number of allylic oxidation sites excluding steroid dienone is 1. The van der Waals surface area contributed by atoms with Gasteiger partial charge in [0.05, 0.1) is 11.4 Å². The highest BCUT2D eigenvalue weighted by Crippen LogP contribution is 2.26. The summed E-state index contributed by atoms with van der Waals surface area (Å²) in [7, 11) is 0. The van der Waals surface area contributed by atoms with Crippen molar-refractivity contribution in [1.29, 1.82) is 0 Å². The highest BCUT2D eigenvalue weighted by atomic mass is 16.4. The van der Waals surface area contributed by atoms with Crippen molar-refractivity contribution in [3.05, 3.63) is 30.9 Å². The third-order valence-electron chi connectivity index (χ3n) is 4.25. The van der Waals surface area contributed by atoms with E-state index < -0.39 is 5.97 Å². The van der Waals surface area contributed by atoms with E-state index in [1.807, 2.05) is 22.9 Å². The fourth-order valence-electron chi connectivity index (χ4n) is 2.92. The fourth-order valence-corrected chi connectivity index (χ4v) is 2.92. The van der Waals surface area contributed by atoms with E-state index in [0.717, 1.165) is 42.8 Å². The van der Waals surface area contributed by atoms with Crippen molar-refractivity contribution in [3.63, 3.8) is 0 Å². The maximum absolute atomic E-state index is 11.0. The van der Waals surface area contributed by atoms with Crippen LogP contribution in [0.1, 0.15) is 19.3 Å². The minimum Gasteiger partial charge on any atom is -0.481 e. The lowest BCUT2D eigenvalue weighted by Gasteiger charge is -2.31. The lowest BCUT2D eigenvalue weighted by molar-refractivity contribution is -0.142. The predicted octanol–water partition coefficient (Wildman–Crippen LogP) is 2.31. The first-order valence-electron chi connectivity index (χ1n) is 7.61. The van der Waals surface area contributed by atoms with Crippen LogP contribution in [0.4, 0.5) is 5.69 Å². The van der Waals surface area contributed by atoms with Gasteiger partial charge in [-0.05, 0) is 37.5 Å². The Morgan fingerprint density at radius 2 is 2.18 bits per heavy atom. The largest absolute Gasteiger partial charge is 0.481 e. The van der Waals surface area contributed by atoms with Crippen LogP contribution in [0.5, 0.6) is 0 Å². The molecule has 6 heteroatoms. The molecule has 0 spiro atoms. The molecule has 1 aliphatic rings. The molecule has 0 aliphatic carbocycles. The molecule has 0 amide bonds. The number of anilines is 1. The molecule has 1 aromatic heterocycles. The Morgan fingerprint density at radius 1 is 1.41 bits per heavy atom. The second-order valence-corrected chi connectivity index (χ2v) is 5.66.